The molecule has 0 aliphatic carbocycles. The van der Waals surface area contributed by atoms with Gasteiger partial charge < -0.3 is 0 Å². The number of hydrazine groups is 1. The van der Waals surface area contributed by atoms with Crippen LogP contribution in [0.25, 0.3) is 0 Å². The van der Waals surface area contributed by atoms with Crippen molar-refractivity contribution in [1.29, 1.82) is 0 Å². The van der Waals surface area contributed by atoms with Gasteiger partial charge in [0.05, 0.1) is 4.90 Å². The number of hydrogen-bond donors (Lipinski definition) is 2. The molecule has 0 heterocycles. The first-order valence-electron chi connectivity index (χ1n) is 5.95. The SMILES string of the molecule is CC(=O)NNS(=O)(=O)c1c(C)c(C)c(C)c(C)c1C. The van der Waals surface area contributed by atoms with Gasteiger partial charge in [-0.2, -0.15) is 0 Å². The Kier molecular flexibility index (Phi) is 4.37. The highest BCUT2D eigenvalue weighted by atomic mass is 32.2. The molecule has 1 aromatic carbocycles. The molecule has 0 unspecified atom stereocenters. The lowest BCUT2D eigenvalue weighted by atomic mass is 9.95. The molecule has 19 heavy (non-hydrogen) atoms. The first kappa shape index (κ1) is 15.7. The summed E-state index contributed by atoms with van der Waals surface area (Å²) in [7, 11) is -3.76. The Balaban J connectivity index is 3.47. The molecule has 0 atom stereocenters. The van der Waals surface area contributed by atoms with Gasteiger partial charge >= 0.3 is 0 Å². The molecule has 0 radical (unpaired) electrons. The van der Waals surface area contributed by atoms with E-state index in [4.69, 9.17) is 0 Å². The minimum atomic E-state index is -3.76. The van der Waals surface area contributed by atoms with E-state index in [-0.39, 0.29) is 4.90 Å². The maximum atomic E-state index is 12.3. The molecule has 5 nitrogen and oxygen atoms in total. The number of carbonyl (C=O) groups is 1. The molecule has 0 aliphatic rings. The molecule has 0 spiro atoms. The third kappa shape index (κ3) is 2.96. The molecule has 0 saturated carbocycles. The molecule has 1 amide bonds. The highest BCUT2D eigenvalue weighted by Crippen LogP contribution is 2.29. The number of amides is 1. The smallest absolute Gasteiger partial charge is 0.257 e. The summed E-state index contributed by atoms with van der Waals surface area (Å²) in [6.07, 6.45) is 0. The molecule has 106 valence electrons. The predicted molar refractivity (Wildman–Crippen MR) is 74.3 cm³/mol. The van der Waals surface area contributed by atoms with E-state index in [9.17, 15) is 13.2 Å². The summed E-state index contributed by atoms with van der Waals surface area (Å²) in [5, 5.41) is 0. The Labute approximate surface area is 114 Å². The van der Waals surface area contributed by atoms with Gasteiger partial charge in [-0.15, -0.1) is 4.83 Å². The molecule has 0 aliphatic heterocycles. The first-order chi connectivity index (χ1) is 8.59. The van der Waals surface area contributed by atoms with Crippen LogP contribution in [0.2, 0.25) is 0 Å². The van der Waals surface area contributed by atoms with Gasteiger partial charge in [-0.3, -0.25) is 10.2 Å². The van der Waals surface area contributed by atoms with Crippen molar-refractivity contribution < 1.29 is 13.2 Å². The summed E-state index contributed by atoms with van der Waals surface area (Å²) in [5.74, 6) is -0.459. The van der Waals surface area contributed by atoms with Crippen molar-refractivity contribution in [2.45, 2.75) is 46.4 Å². The van der Waals surface area contributed by atoms with Gasteiger partial charge in [0, 0.05) is 6.92 Å². The van der Waals surface area contributed by atoms with Crippen LogP contribution in [0.5, 0.6) is 0 Å². The Morgan fingerprint density at radius 1 is 0.842 bits per heavy atom. The van der Waals surface area contributed by atoms with Crippen molar-refractivity contribution >= 4 is 15.9 Å². The van der Waals surface area contributed by atoms with Crippen LogP contribution in [0.15, 0.2) is 4.90 Å². The van der Waals surface area contributed by atoms with Gasteiger partial charge in [0.2, 0.25) is 5.91 Å². The predicted octanol–water partition coefficient (Wildman–Crippen LogP) is 1.56. The summed E-state index contributed by atoms with van der Waals surface area (Å²) in [4.78, 5) is 13.2. The zero-order valence-corrected chi connectivity index (χ0v) is 12.9. The van der Waals surface area contributed by atoms with E-state index < -0.39 is 15.9 Å². The maximum absolute atomic E-state index is 12.3. The van der Waals surface area contributed by atoms with E-state index in [1.165, 1.54) is 6.92 Å². The van der Waals surface area contributed by atoms with Gasteiger partial charge in [-0.05, 0) is 62.4 Å². The van der Waals surface area contributed by atoms with E-state index >= 15 is 0 Å². The van der Waals surface area contributed by atoms with Crippen LogP contribution < -0.4 is 10.3 Å². The molecule has 6 heteroatoms. The van der Waals surface area contributed by atoms with Crippen molar-refractivity contribution in [2.75, 3.05) is 0 Å². The van der Waals surface area contributed by atoms with E-state index in [0.29, 0.717) is 11.1 Å². The van der Waals surface area contributed by atoms with Crippen molar-refractivity contribution in [2.24, 2.45) is 0 Å². The van der Waals surface area contributed by atoms with Gasteiger partial charge in [-0.1, -0.05) is 0 Å². The lowest BCUT2D eigenvalue weighted by Crippen LogP contribution is -2.40. The number of sulfonamides is 1. The number of hydrogen-bond acceptors (Lipinski definition) is 3. The third-order valence-electron chi connectivity index (χ3n) is 3.56. The highest BCUT2D eigenvalue weighted by molar-refractivity contribution is 7.89. The Bertz CT molecular complexity index is 605. The maximum Gasteiger partial charge on any atom is 0.257 e. The molecule has 0 saturated heterocycles. The number of rotatable bonds is 3. The summed E-state index contributed by atoms with van der Waals surface area (Å²) in [6, 6.07) is 0. The van der Waals surface area contributed by atoms with E-state index in [0.717, 1.165) is 16.7 Å². The molecule has 1 rings (SSSR count). The number of nitrogens with one attached hydrogen (secondary N) is 2. The summed E-state index contributed by atoms with van der Waals surface area (Å²) in [6.45, 7) is 10.6. The summed E-state index contributed by atoms with van der Waals surface area (Å²) >= 11 is 0. The topological polar surface area (TPSA) is 75.3 Å². The zero-order chi connectivity index (χ0) is 15.0. The van der Waals surface area contributed by atoms with Crippen LogP contribution in [-0.4, -0.2) is 14.3 Å². The summed E-state index contributed by atoms with van der Waals surface area (Å²) in [5.41, 5.74) is 6.52. The van der Waals surface area contributed by atoms with Gasteiger partial charge in [0.15, 0.2) is 0 Å². The minimum absolute atomic E-state index is 0.238. The van der Waals surface area contributed by atoms with Crippen molar-refractivity contribution in [3.63, 3.8) is 0 Å². The van der Waals surface area contributed by atoms with Crippen molar-refractivity contribution in [1.82, 2.24) is 10.3 Å². The van der Waals surface area contributed by atoms with Crippen LogP contribution in [0.1, 0.15) is 34.7 Å². The van der Waals surface area contributed by atoms with Crippen LogP contribution in [0.4, 0.5) is 0 Å². The third-order valence-corrected chi connectivity index (χ3v) is 5.08. The van der Waals surface area contributed by atoms with E-state index in [1.54, 1.807) is 13.8 Å². The molecule has 0 fully saturated rings. The van der Waals surface area contributed by atoms with E-state index in [2.05, 4.69) is 10.3 Å². The second-order valence-corrected chi connectivity index (χ2v) is 6.36. The van der Waals surface area contributed by atoms with Crippen molar-refractivity contribution in [3.05, 3.63) is 27.8 Å². The molecule has 0 bridgehead atoms. The quantitative estimate of drug-likeness (QED) is 0.827. The van der Waals surface area contributed by atoms with Gasteiger partial charge in [0.25, 0.3) is 10.0 Å². The van der Waals surface area contributed by atoms with Crippen LogP contribution in [-0.2, 0) is 14.8 Å². The monoisotopic (exact) mass is 284 g/mol. The summed E-state index contributed by atoms with van der Waals surface area (Å²) < 4.78 is 24.5. The first-order valence-corrected chi connectivity index (χ1v) is 7.43. The lowest BCUT2D eigenvalue weighted by molar-refractivity contribution is -0.119. The normalized spacial score (nSPS) is 11.5. The fraction of sp³-hybridized carbons (Fsp3) is 0.462. The van der Waals surface area contributed by atoms with E-state index in [1.807, 2.05) is 20.8 Å². The molecule has 0 aromatic heterocycles. The van der Waals surface area contributed by atoms with Crippen LogP contribution in [0, 0.1) is 34.6 Å². The fourth-order valence-corrected chi connectivity index (χ4v) is 3.55. The highest BCUT2D eigenvalue weighted by Gasteiger charge is 2.23. The molecular weight excluding hydrogens is 264 g/mol. The Morgan fingerprint density at radius 2 is 1.21 bits per heavy atom. The Hall–Kier alpha value is -1.40. The van der Waals surface area contributed by atoms with Crippen LogP contribution in [0.3, 0.4) is 0 Å². The fourth-order valence-electron chi connectivity index (χ4n) is 2.06. The number of carbonyl (C=O) groups excluding carboxylic acids is 1. The van der Waals surface area contributed by atoms with Gasteiger partial charge in [-0.25, -0.2) is 8.42 Å². The Morgan fingerprint density at radius 3 is 1.58 bits per heavy atom. The zero-order valence-electron chi connectivity index (χ0n) is 12.1. The largest absolute Gasteiger partial charge is 0.278 e. The molecule has 2 N–H and O–H groups in total. The van der Waals surface area contributed by atoms with Crippen molar-refractivity contribution in [3.8, 4) is 0 Å². The number of benzene rings is 1. The molecular formula is C13H20N2O3S. The van der Waals surface area contributed by atoms with Crippen LogP contribution >= 0.6 is 0 Å². The minimum Gasteiger partial charge on any atom is -0.278 e. The second-order valence-electron chi connectivity index (χ2n) is 4.74. The standard InChI is InChI=1S/C13H20N2O3S/c1-7-8(2)10(4)13(11(5)9(7)3)19(17,18)15-14-12(6)16/h15H,1-6H3,(H,14,16). The average molecular weight is 284 g/mol. The lowest BCUT2D eigenvalue weighted by Gasteiger charge is -2.18. The molecule has 1 aromatic rings. The average Bonchev–Trinajstić information content (AvgIpc) is 2.31. The van der Waals surface area contributed by atoms with Gasteiger partial charge in [0.1, 0.15) is 0 Å². The second kappa shape index (κ2) is 5.30.